The second-order valence-electron chi connectivity index (χ2n) is 4.74. The number of ketones is 1. The monoisotopic (exact) mass is 334 g/mol. The first-order valence-electron chi connectivity index (χ1n) is 6.39. The Labute approximate surface area is 126 Å². The fraction of sp³-hybridized carbons (Fsp3) is 0.250. The van der Waals surface area contributed by atoms with Gasteiger partial charge in [0.1, 0.15) is 4.32 Å². The van der Waals surface area contributed by atoms with Crippen LogP contribution < -0.4 is 0 Å². The standard InChI is InChI=1S/C16H15BrO3/c17-16(14(18)6-7-15(19)20)10-8-13(9-11-16)12-4-2-1-3-5-12/h1-5,8-11,13H,6-7H2,(H,19,20). The van der Waals surface area contributed by atoms with Crippen molar-refractivity contribution >= 4 is 27.7 Å². The molecule has 0 heterocycles. The largest absolute Gasteiger partial charge is 0.481 e. The van der Waals surface area contributed by atoms with E-state index in [1.807, 2.05) is 42.5 Å². The highest BCUT2D eigenvalue weighted by atomic mass is 79.9. The summed E-state index contributed by atoms with van der Waals surface area (Å²) in [6.45, 7) is 0. The molecule has 0 fully saturated rings. The summed E-state index contributed by atoms with van der Waals surface area (Å²) in [5.41, 5.74) is 1.16. The maximum absolute atomic E-state index is 12.1. The summed E-state index contributed by atoms with van der Waals surface area (Å²) in [5.74, 6) is -0.951. The Morgan fingerprint density at radius 2 is 1.70 bits per heavy atom. The van der Waals surface area contributed by atoms with Crippen molar-refractivity contribution < 1.29 is 14.7 Å². The van der Waals surface area contributed by atoms with E-state index in [9.17, 15) is 9.59 Å². The van der Waals surface area contributed by atoms with E-state index >= 15 is 0 Å². The van der Waals surface area contributed by atoms with Crippen molar-refractivity contribution in [2.24, 2.45) is 0 Å². The van der Waals surface area contributed by atoms with E-state index in [4.69, 9.17) is 5.11 Å². The summed E-state index contributed by atoms with van der Waals surface area (Å²) in [4.78, 5) is 22.6. The maximum atomic E-state index is 12.1. The molecule has 0 aromatic heterocycles. The maximum Gasteiger partial charge on any atom is 0.303 e. The van der Waals surface area contributed by atoms with E-state index in [0.29, 0.717) is 0 Å². The highest BCUT2D eigenvalue weighted by molar-refractivity contribution is 9.10. The molecule has 0 unspecified atom stereocenters. The second-order valence-corrected chi connectivity index (χ2v) is 6.05. The minimum atomic E-state index is -0.958. The predicted octanol–water partition coefficient (Wildman–Crippen LogP) is 3.46. The van der Waals surface area contributed by atoms with Crippen LogP contribution in [-0.2, 0) is 9.59 Å². The fourth-order valence-electron chi connectivity index (χ4n) is 2.10. The first-order valence-corrected chi connectivity index (χ1v) is 7.18. The van der Waals surface area contributed by atoms with Gasteiger partial charge in [-0.15, -0.1) is 0 Å². The van der Waals surface area contributed by atoms with E-state index < -0.39 is 10.3 Å². The van der Waals surface area contributed by atoms with Gasteiger partial charge in [0.15, 0.2) is 5.78 Å². The van der Waals surface area contributed by atoms with Crippen LogP contribution in [0.1, 0.15) is 24.3 Å². The Morgan fingerprint density at radius 3 is 2.25 bits per heavy atom. The number of carboxylic acids is 1. The highest BCUT2D eigenvalue weighted by Crippen LogP contribution is 2.33. The summed E-state index contributed by atoms with van der Waals surface area (Å²) in [7, 11) is 0. The molecule has 0 spiro atoms. The number of halogens is 1. The van der Waals surface area contributed by atoms with Crippen LogP contribution in [0.25, 0.3) is 0 Å². The first-order chi connectivity index (χ1) is 9.51. The molecule has 104 valence electrons. The lowest BCUT2D eigenvalue weighted by atomic mass is 9.88. The van der Waals surface area contributed by atoms with Crippen molar-refractivity contribution in [3.05, 3.63) is 60.2 Å². The first kappa shape index (κ1) is 14.7. The van der Waals surface area contributed by atoms with Gasteiger partial charge in [0.05, 0.1) is 6.42 Å². The van der Waals surface area contributed by atoms with E-state index in [1.165, 1.54) is 0 Å². The van der Waals surface area contributed by atoms with Crippen LogP contribution in [0.2, 0.25) is 0 Å². The Bertz CT molecular complexity index is 546. The molecular weight excluding hydrogens is 320 g/mol. The van der Waals surface area contributed by atoms with E-state index in [0.717, 1.165) is 5.56 Å². The number of benzene rings is 1. The third-order valence-electron chi connectivity index (χ3n) is 3.27. The summed E-state index contributed by atoms with van der Waals surface area (Å²) in [5, 5.41) is 8.63. The van der Waals surface area contributed by atoms with Crippen LogP contribution in [0.5, 0.6) is 0 Å². The third kappa shape index (κ3) is 3.45. The Balaban J connectivity index is 2.06. The topological polar surface area (TPSA) is 54.4 Å². The molecule has 0 amide bonds. The molecule has 1 aromatic rings. The number of carboxylic acid groups (broad SMARTS) is 1. The molecule has 0 saturated carbocycles. The number of carbonyl (C=O) groups is 2. The van der Waals surface area contributed by atoms with Crippen LogP contribution >= 0.6 is 15.9 Å². The minimum absolute atomic E-state index is 0.0191. The molecule has 1 aliphatic rings. The molecule has 3 nitrogen and oxygen atoms in total. The predicted molar refractivity (Wildman–Crippen MR) is 81.0 cm³/mol. The van der Waals surface area contributed by atoms with Crippen LogP contribution in [0, 0.1) is 0 Å². The molecule has 0 aliphatic heterocycles. The van der Waals surface area contributed by atoms with Crippen LogP contribution in [0.4, 0.5) is 0 Å². The number of Topliss-reactive ketones (excluding diaryl/α,β-unsaturated/α-hetero) is 1. The van der Waals surface area contributed by atoms with E-state index in [1.54, 1.807) is 12.2 Å². The molecular formula is C16H15BrO3. The number of hydrogen-bond acceptors (Lipinski definition) is 2. The zero-order valence-electron chi connectivity index (χ0n) is 10.8. The smallest absolute Gasteiger partial charge is 0.303 e. The fourth-order valence-corrected chi connectivity index (χ4v) is 2.61. The van der Waals surface area contributed by atoms with Gasteiger partial charge in [-0.1, -0.05) is 70.6 Å². The SMILES string of the molecule is O=C(O)CCC(=O)C1(Br)C=CC(c2ccccc2)C=C1. The summed E-state index contributed by atoms with van der Waals surface area (Å²) < 4.78 is -0.867. The summed E-state index contributed by atoms with van der Waals surface area (Å²) >= 11 is 3.40. The zero-order valence-corrected chi connectivity index (χ0v) is 12.4. The van der Waals surface area contributed by atoms with E-state index in [-0.39, 0.29) is 24.5 Å². The Kier molecular flexibility index (Phi) is 4.55. The van der Waals surface area contributed by atoms with Crippen LogP contribution in [0.3, 0.4) is 0 Å². The van der Waals surface area contributed by atoms with Crippen molar-refractivity contribution in [2.45, 2.75) is 23.1 Å². The second kappa shape index (κ2) is 6.18. The van der Waals surface area contributed by atoms with Crippen molar-refractivity contribution in [1.82, 2.24) is 0 Å². The van der Waals surface area contributed by atoms with Crippen molar-refractivity contribution in [2.75, 3.05) is 0 Å². The zero-order chi connectivity index (χ0) is 14.6. The number of carbonyl (C=O) groups excluding carboxylic acids is 1. The number of rotatable bonds is 5. The molecule has 0 atom stereocenters. The van der Waals surface area contributed by atoms with Gasteiger partial charge in [-0.05, 0) is 5.56 Å². The third-order valence-corrected chi connectivity index (χ3v) is 4.24. The molecule has 0 radical (unpaired) electrons. The average molecular weight is 335 g/mol. The van der Waals surface area contributed by atoms with Gasteiger partial charge < -0.3 is 5.11 Å². The molecule has 0 saturated heterocycles. The Hall–Kier alpha value is -1.68. The molecule has 4 heteroatoms. The lowest BCUT2D eigenvalue weighted by Gasteiger charge is -2.23. The normalized spacial score (nSPS) is 24.6. The van der Waals surface area contributed by atoms with Gasteiger partial charge in [0.25, 0.3) is 0 Å². The summed E-state index contributed by atoms with van der Waals surface area (Å²) in [6, 6.07) is 9.99. The van der Waals surface area contributed by atoms with Gasteiger partial charge in [-0.25, -0.2) is 0 Å². The van der Waals surface area contributed by atoms with Crippen molar-refractivity contribution in [1.29, 1.82) is 0 Å². The van der Waals surface area contributed by atoms with E-state index in [2.05, 4.69) is 15.9 Å². The molecule has 0 bridgehead atoms. The van der Waals surface area contributed by atoms with Gasteiger partial charge in [0, 0.05) is 12.3 Å². The van der Waals surface area contributed by atoms with Gasteiger partial charge >= 0.3 is 5.97 Å². The molecule has 1 N–H and O–H groups in total. The highest BCUT2D eigenvalue weighted by Gasteiger charge is 2.32. The van der Waals surface area contributed by atoms with Crippen LogP contribution in [0.15, 0.2) is 54.6 Å². The number of aliphatic carboxylic acids is 1. The number of alkyl halides is 1. The minimum Gasteiger partial charge on any atom is -0.481 e. The van der Waals surface area contributed by atoms with Gasteiger partial charge in [-0.3, -0.25) is 9.59 Å². The van der Waals surface area contributed by atoms with Crippen molar-refractivity contribution in [3.63, 3.8) is 0 Å². The lowest BCUT2D eigenvalue weighted by Crippen LogP contribution is -2.29. The molecule has 20 heavy (non-hydrogen) atoms. The molecule has 1 aliphatic carbocycles. The van der Waals surface area contributed by atoms with Gasteiger partial charge in [0.2, 0.25) is 0 Å². The quantitative estimate of drug-likeness (QED) is 0.662. The van der Waals surface area contributed by atoms with Crippen molar-refractivity contribution in [3.8, 4) is 0 Å². The number of allylic oxidation sites excluding steroid dienone is 4. The lowest BCUT2D eigenvalue weighted by molar-refractivity contribution is -0.138. The summed E-state index contributed by atoms with van der Waals surface area (Å²) in [6.07, 6.45) is 7.40. The molecule has 2 rings (SSSR count). The molecule has 1 aromatic carbocycles. The number of hydrogen-bond donors (Lipinski definition) is 1. The van der Waals surface area contributed by atoms with Gasteiger partial charge in [-0.2, -0.15) is 0 Å². The van der Waals surface area contributed by atoms with Crippen LogP contribution in [-0.4, -0.2) is 21.2 Å². The Morgan fingerprint density at radius 1 is 1.10 bits per heavy atom. The average Bonchev–Trinajstić information content (AvgIpc) is 2.46.